The highest BCUT2D eigenvalue weighted by Gasteiger charge is 2.71. The molecule has 0 aromatic rings. The van der Waals surface area contributed by atoms with E-state index in [-0.39, 0.29) is 22.7 Å². The van der Waals surface area contributed by atoms with Gasteiger partial charge in [-0.2, -0.15) is 0 Å². The lowest BCUT2D eigenvalue weighted by Crippen LogP contribution is -2.58. The number of aliphatic hydroxyl groups is 1. The van der Waals surface area contributed by atoms with Gasteiger partial charge in [-0.25, -0.2) is 0 Å². The summed E-state index contributed by atoms with van der Waals surface area (Å²) in [5.74, 6) is 3.98. The molecule has 3 saturated carbocycles. The van der Waals surface area contributed by atoms with Crippen LogP contribution in [0, 0.1) is 40.9 Å². The topological polar surface area (TPSA) is 47.9 Å². The van der Waals surface area contributed by atoms with Gasteiger partial charge in [-0.1, -0.05) is 24.5 Å². The predicted octanol–water partition coefficient (Wildman–Crippen LogP) is 3.05. The molecule has 5 fully saturated rings. The van der Waals surface area contributed by atoms with Crippen LogP contribution in [0.15, 0.2) is 11.6 Å². The van der Waals surface area contributed by atoms with Crippen LogP contribution in [0.2, 0.25) is 0 Å². The Labute approximate surface area is 161 Å². The third-order valence-corrected chi connectivity index (χ3v) is 9.49. The molecule has 0 unspecified atom stereocenters. The summed E-state index contributed by atoms with van der Waals surface area (Å²) < 4.78 is 18.5. The van der Waals surface area contributed by atoms with Gasteiger partial charge in [-0.15, -0.1) is 6.42 Å². The fourth-order valence-corrected chi connectivity index (χ4v) is 8.16. The molecule has 0 amide bonds. The monoisotopic (exact) mass is 370 g/mol. The van der Waals surface area contributed by atoms with E-state index in [1.807, 2.05) is 0 Å². The van der Waals surface area contributed by atoms with Crippen molar-refractivity contribution in [1.82, 2.24) is 0 Å². The largest absolute Gasteiger partial charge is 0.377 e. The zero-order valence-corrected chi connectivity index (χ0v) is 16.2. The Morgan fingerprint density at radius 2 is 2.04 bits per heavy atom. The molecule has 1 N–H and O–H groups in total. The molecule has 6 rings (SSSR count). The normalized spacial score (nSPS) is 54.8. The van der Waals surface area contributed by atoms with E-state index in [9.17, 15) is 5.11 Å². The van der Waals surface area contributed by atoms with Crippen molar-refractivity contribution in [2.75, 3.05) is 19.8 Å². The molecule has 2 aliphatic heterocycles. The molecule has 2 spiro atoms. The minimum atomic E-state index is -0.982. The van der Waals surface area contributed by atoms with Crippen LogP contribution in [0.25, 0.3) is 0 Å². The molecule has 2 heterocycles. The fraction of sp³-hybridized carbons (Fsp3) is 0.826. The Morgan fingerprint density at radius 3 is 2.81 bits per heavy atom. The van der Waals surface area contributed by atoms with E-state index in [1.54, 1.807) is 0 Å². The molecule has 7 atom stereocenters. The van der Waals surface area contributed by atoms with E-state index in [1.165, 1.54) is 5.57 Å². The van der Waals surface area contributed by atoms with Crippen LogP contribution in [-0.4, -0.2) is 42.4 Å². The van der Waals surface area contributed by atoms with Crippen molar-refractivity contribution in [3.8, 4) is 12.3 Å². The van der Waals surface area contributed by atoms with Crippen molar-refractivity contribution >= 4 is 0 Å². The maximum atomic E-state index is 11.2. The Bertz CT molecular complexity index is 746. The summed E-state index contributed by atoms with van der Waals surface area (Å²) in [5.41, 5.74) is 0.472. The van der Waals surface area contributed by atoms with E-state index in [2.05, 4.69) is 18.9 Å². The first kappa shape index (κ1) is 17.0. The van der Waals surface area contributed by atoms with Crippen molar-refractivity contribution in [1.29, 1.82) is 0 Å². The van der Waals surface area contributed by atoms with Crippen LogP contribution in [0.4, 0.5) is 0 Å². The van der Waals surface area contributed by atoms with E-state index in [0.717, 1.165) is 58.2 Å². The third-order valence-electron chi connectivity index (χ3n) is 9.49. The molecule has 27 heavy (non-hydrogen) atoms. The van der Waals surface area contributed by atoms with Crippen LogP contribution in [0.3, 0.4) is 0 Å². The van der Waals surface area contributed by atoms with Gasteiger partial charge in [0, 0.05) is 18.3 Å². The van der Waals surface area contributed by atoms with E-state index in [4.69, 9.17) is 20.6 Å². The van der Waals surface area contributed by atoms with Crippen LogP contribution in [0.5, 0.6) is 0 Å². The summed E-state index contributed by atoms with van der Waals surface area (Å²) in [6.07, 6.45) is 15.3. The molecule has 0 aromatic carbocycles. The average molecular weight is 370 g/mol. The van der Waals surface area contributed by atoms with Crippen molar-refractivity contribution in [2.24, 2.45) is 28.6 Å². The van der Waals surface area contributed by atoms with Gasteiger partial charge in [0.05, 0.1) is 25.9 Å². The molecule has 4 heteroatoms. The number of hydrogen-bond acceptors (Lipinski definition) is 4. The van der Waals surface area contributed by atoms with Gasteiger partial charge < -0.3 is 19.3 Å². The third kappa shape index (κ3) is 1.90. The zero-order valence-electron chi connectivity index (χ0n) is 16.2. The standard InChI is InChI=1S/C23H30O4/c1-3-22(24)7-6-17-16-5-4-15-12-23(26-10-11-27-23)9-8-20(15,2)19(16)18-13-21(17,22)14-25-18/h1,4,16-19,24H,5-14H2,2H3/t16-,17-,18-,19+,20-,21+,22-/m0/s1. The highest BCUT2D eigenvalue weighted by atomic mass is 16.7. The van der Waals surface area contributed by atoms with Crippen molar-refractivity contribution < 1.29 is 19.3 Å². The molecule has 0 aromatic heterocycles. The maximum absolute atomic E-state index is 11.2. The molecule has 4 nitrogen and oxygen atoms in total. The number of rotatable bonds is 0. The van der Waals surface area contributed by atoms with Gasteiger partial charge in [-0.05, 0) is 55.3 Å². The van der Waals surface area contributed by atoms with Gasteiger partial charge in [0.1, 0.15) is 5.60 Å². The Hall–Kier alpha value is -0.860. The first-order chi connectivity index (χ1) is 13.0. The summed E-state index contributed by atoms with van der Waals surface area (Å²) in [6, 6.07) is 0. The lowest BCUT2D eigenvalue weighted by atomic mass is 9.46. The molecule has 2 saturated heterocycles. The average Bonchev–Trinajstić information content (AvgIpc) is 3.35. The van der Waals surface area contributed by atoms with E-state index in [0.29, 0.717) is 24.4 Å². The van der Waals surface area contributed by atoms with Crippen LogP contribution >= 0.6 is 0 Å². The molecular formula is C23H30O4. The molecule has 4 aliphatic carbocycles. The molecule has 6 aliphatic rings. The number of ether oxygens (including phenoxy) is 3. The second kappa shape index (κ2) is 5.19. The molecule has 146 valence electrons. The Morgan fingerprint density at radius 1 is 1.22 bits per heavy atom. The van der Waals surface area contributed by atoms with Crippen molar-refractivity contribution in [2.45, 2.75) is 69.4 Å². The first-order valence-electron chi connectivity index (χ1n) is 10.7. The second-order valence-corrected chi connectivity index (χ2v) is 10.2. The first-order valence-corrected chi connectivity index (χ1v) is 10.7. The number of terminal acetylenes is 1. The predicted molar refractivity (Wildman–Crippen MR) is 99.6 cm³/mol. The second-order valence-electron chi connectivity index (χ2n) is 10.2. The minimum Gasteiger partial charge on any atom is -0.377 e. The molecule has 2 bridgehead atoms. The van der Waals surface area contributed by atoms with Crippen molar-refractivity contribution in [3.63, 3.8) is 0 Å². The summed E-state index contributed by atoms with van der Waals surface area (Å²) in [5, 5.41) is 11.2. The summed E-state index contributed by atoms with van der Waals surface area (Å²) in [7, 11) is 0. The highest BCUT2D eigenvalue weighted by molar-refractivity contribution is 5.32. The van der Waals surface area contributed by atoms with Crippen molar-refractivity contribution in [3.05, 3.63) is 11.6 Å². The van der Waals surface area contributed by atoms with Gasteiger partial charge in [-0.3, -0.25) is 0 Å². The Balaban J connectivity index is 1.39. The smallest absolute Gasteiger partial charge is 0.172 e. The van der Waals surface area contributed by atoms with E-state index < -0.39 is 5.60 Å². The lowest BCUT2D eigenvalue weighted by molar-refractivity contribution is -0.188. The highest BCUT2D eigenvalue weighted by Crippen LogP contribution is 2.70. The van der Waals surface area contributed by atoms with Crippen LogP contribution in [0.1, 0.15) is 51.9 Å². The van der Waals surface area contributed by atoms with Gasteiger partial charge in [0.2, 0.25) is 0 Å². The number of fused-ring (bicyclic) bond motifs is 6. The van der Waals surface area contributed by atoms with E-state index >= 15 is 0 Å². The fourth-order valence-electron chi connectivity index (χ4n) is 8.16. The van der Waals surface area contributed by atoms with Gasteiger partial charge >= 0.3 is 0 Å². The van der Waals surface area contributed by atoms with Crippen LogP contribution < -0.4 is 0 Å². The zero-order chi connectivity index (χ0) is 18.5. The minimum absolute atomic E-state index is 0.154. The van der Waals surface area contributed by atoms with Gasteiger partial charge in [0.15, 0.2) is 5.79 Å². The quantitative estimate of drug-likeness (QED) is 0.526. The Kier molecular flexibility index (Phi) is 3.27. The number of allylic oxidation sites excluding steroid dienone is 1. The molecular weight excluding hydrogens is 340 g/mol. The lowest BCUT2D eigenvalue weighted by Gasteiger charge is -2.58. The number of hydrogen-bond donors (Lipinski definition) is 1. The maximum Gasteiger partial charge on any atom is 0.172 e. The summed E-state index contributed by atoms with van der Waals surface area (Å²) in [6.45, 7) is 4.53. The summed E-state index contributed by atoms with van der Waals surface area (Å²) >= 11 is 0. The molecule has 0 radical (unpaired) electrons. The van der Waals surface area contributed by atoms with Crippen LogP contribution in [-0.2, 0) is 14.2 Å². The summed E-state index contributed by atoms with van der Waals surface area (Å²) in [4.78, 5) is 0. The van der Waals surface area contributed by atoms with Gasteiger partial charge in [0.25, 0.3) is 0 Å². The SMILES string of the molecule is C#C[C@]1(O)CC[C@H]2[C@@H]3CC=C4CC5(CC[C@]4(C)[C@H]3[C@@H]3C[C@@]21CO3)OCCO5.